The molecule has 0 saturated carbocycles. The third-order valence-corrected chi connectivity index (χ3v) is 3.65. The Kier molecular flexibility index (Phi) is 4.59. The first-order chi connectivity index (χ1) is 9.45. The molecule has 1 aromatic rings. The van der Waals surface area contributed by atoms with E-state index in [0.29, 0.717) is 5.56 Å². The van der Waals surface area contributed by atoms with E-state index in [-0.39, 0.29) is 30.4 Å². The molecule has 0 spiro atoms. The Hall–Kier alpha value is -1.21. The van der Waals surface area contributed by atoms with Crippen molar-refractivity contribution in [1.29, 1.82) is 0 Å². The predicted molar refractivity (Wildman–Crippen MR) is 71.7 cm³/mol. The summed E-state index contributed by atoms with van der Waals surface area (Å²) in [5, 5.41) is 24.2. The van der Waals surface area contributed by atoms with Crippen molar-refractivity contribution < 1.29 is 19.4 Å². The van der Waals surface area contributed by atoms with Crippen molar-refractivity contribution in [2.45, 2.75) is 24.6 Å². The van der Waals surface area contributed by atoms with Crippen LogP contribution in [0.4, 0.5) is 4.39 Å². The zero-order valence-electron chi connectivity index (χ0n) is 10.7. The van der Waals surface area contributed by atoms with Crippen LogP contribution in [0.2, 0.25) is 5.02 Å². The molecule has 0 aliphatic carbocycles. The number of benzene rings is 1. The molecule has 4 N–H and O–H groups in total. The lowest BCUT2D eigenvalue weighted by atomic mass is 10.0. The average molecular weight is 303 g/mol. The molecule has 1 heterocycles. The maximum Gasteiger partial charge on any atom is 0.237 e. The number of aliphatic hydroxyl groups excluding tert-OH is 1. The maximum absolute atomic E-state index is 13.6. The lowest BCUT2D eigenvalue weighted by molar-refractivity contribution is -0.123. The lowest BCUT2D eigenvalue weighted by Crippen LogP contribution is -2.40. The van der Waals surface area contributed by atoms with Crippen LogP contribution in [-0.2, 0) is 11.3 Å². The summed E-state index contributed by atoms with van der Waals surface area (Å²) in [5.74, 6) is -0.908. The van der Waals surface area contributed by atoms with Crippen LogP contribution in [0.5, 0.6) is 0 Å². The molecule has 1 saturated heterocycles. The van der Waals surface area contributed by atoms with Gasteiger partial charge in [0.25, 0.3) is 0 Å². The number of rotatable bonds is 4. The molecule has 2 rings (SSSR count). The molecule has 0 unspecified atom stereocenters. The van der Waals surface area contributed by atoms with Gasteiger partial charge in [0.05, 0.1) is 17.7 Å². The third-order valence-electron chi connectivity index (χ3n) is 3.36. The maximum atomic E-state index is 13.6. The minimum atomic E-state index is -1.27. The van der Waals surface area contributed by atoms with Crippen LogP contribution in [0.25, 0.3) is 0 Å². The summed E-state index contributed by atoms with van der Waals surface area (Å²) in [7, 11) is 0. The molecule has 1 amide bonds. The van der Waals surface area contributed by atoms with Crippen LogP contribution in [0.3, 0.4) is 0 Å². The van der Waals surface area contributed by atoms with E-state index in [1.807, 2.05) is 0 Å². The fourth-order valence-electron chi connectivity index (χ4n) is 2.13. The van der Waals surface area contributed by atoms with Gasteiger partial charge in [-0.25, -0.2) is 4.39 Å². The molecule has 5 nitrogen and oxygen atoms in total. The zero-order valence-corrected chi connectivity index (χ0v) is 11.5. The summed E-state index contributed by atoms with van der Waals surface area (Å²) in [6.45, 7) is -0.249. The second-order valence-corrected chi connectivity index (χ2v) is 5.36. The van der Waals surface area contributed by atoms with E-state index in [9.17, 15) is 14.3 Å². The first-order valence-corrected chi connectivity index (χ1v) is 6.60. The number of β-amino-alcohol motifs (C(OH)–C–C–N with tert-alkyl or cyclic N) is 1. The quantitative estimate of drug-likeness (QED) is 0.640. The Labute approximate surface area is 120 Å². The molecule has 7 heteroatoms. The normalized spacial score (nSPS) is 25.7. The van der Waals surface area contributed by atoms with Gasteiger partial charge in [-0.3, -0.25) is 4.79 Å². The van der Waals surface area contributed by atoms with Crippen molar-refractivity contribution in [1.82, 2.24) is 10.6 Å². The minimum absolute atomic E-state index is 0.00500. The number of carbonyl (C=O) groups excluding carboxylic acids is 1. The van der Waals surface area contributed by atoms with Crippen LogP contribution in [-0.4, -0.2) is 40.9 Å². The second kappa shape index (κ2) is 6.05. The van der Waals surface area contributed by atoms with Crippen LogP contribution in [0.1, 0.15) is 12.0 Å². The molecular weight excluding hydrogens is 287 g/mol. The summed E-state index contributed by atoms with van der Waals surface area (Å²) in [6, 6.07) is 3.97. The van der Waals surface area contributed by atoms with Gasteiger partial charge in [-0.15, -0.1) is 0 Å². The molecule has 0 aromatic heterocycles. The Morgan fingerprint density at radius 3 is 3.00 bits per heavy atom. The van der Waals surface area contributed by atoms with E-state index >= 15 is 0 Å². The third kappa shape index (κ3) is 3.27. The van der Waals surface area contributed by atoms with E-state index in [4.69, 9.17) is 16.7 Å². The molecule has 0 radical (unpaired) electrons. The summed E-state index contributed by atoms with van der Waals surface area (Å²) >= 11 is 5.65. The number of carbonyl (C=O) groups is 1. The number of nitrogens with one attached hydrogen (secondary N) is 2. The molecule has 20 heavy (non-hydrogen) atoms. The van der Waals surface area contributed by atoms with Crippen LogP contribution < -0.4 is 10.6 Å². The highest BCUT2D eigenvalue weighted by atomic mass is 35.5. The van der Waals surface area contributed by atoms with Crippen molar-refractivity contribution in [3.8, 4) is 0 Å². The monoisotopic (exact) mass is 302 g/mol. The number of amides is 1. The number of hydrogen-bond acceptors (Lipinski definition) is 4. The smallest absolute Gasteiger partial charge is 0.237 e. The van der Waals surface area contributed by atoms with E-state index < -0.39 is 24.1 Å². The van der Waals surface area contributed by atoms with Gasteiger partial charge in [0.2, 0.25) is 5.91 Å². The van der Waals surface area contributed by atoms with Crippen molar-refractivity contribution in [2.75, 3.05) is 13.2 Å². The Bertz CT molecular complexity index is 514. The topological polar surface area (TPSA) is 81.6 Å². The first kappa shape index (κ1) is 15.2. The number of halogens is 2. The van der Waals surface area contributed by atoms with Gasteiger partial charge < -0.3 is 20.8 Å². The van der Waals surface area contributed by atoms with Crippen LogP contribution in [0.15, 0.2) is 18.2 Å². The SMILES string of the molecule is O=C(NCc1cccc(Cl)c1F)[C@@H]1C[C@@](O)(CO)CN1. The number of hydrogen-bond donors (Lipinski definition) is 4. The highest BCUT2D eigenvalue weighted by Crippen LogP contribution is 2.20. The Balaban J connectivity index is 1.92. The van der Waals surface area contributed by atoms with Crippen molar-refractivity contribution >= 4 is 17.5 Å². The summed E-state index contributed by atoms with van der Waals surface area (Å²) in [6.07, 6.45) is 0.118. The number of aliphatic hydroxyl groups is 2. The fraction of sp³-hybridized carbons (Fsp3) is 0.462. The van der Waals surface area contributed by atoms with Gasteiger partial charge in [0.15, 0.2) is 0 Å². The van der Waals surface area contributed by atoms with Crippen molar-refractivity contribution in [2.24, 2.45) is 0 Å². The minimum Gasteiger partial charge on any atom is -0.393 e. The van der Waals surface area contributed by atoms with E-state index in [2.05, 4.69) is 10.6 Å². The Morgan fingerprint density at radius 2 is 2.35 bits per heavy atom. The molecule has 1 fully saturated rings. The van der Waals surface area contributed by atoms with E-state index in [0.717, 1.165) is 0 Å². The Morgan fingerprint density at radius 1 is 1.60 bits per heavy atom. The van der Waals surface area contributed by atoms with Gasteiger partial charge in [-0.05, 0) is 6.07 Å². The van der Waals surface area contributed by atoms with Gasteiger partial charge in [0, 0.05) is 25.1 Å². The molecule has 1 aromatic carbocycles. The molecular formula is C13H16ClFN2O3. The summed E-state index contributed by atoms with van der Waals surface area (Å²) < 4.78 is 13.6. The van der Waals surface area contributed by atoms with Gasteiger partial charge in [-0.2, -0.15) is 0 Å². The van der Waals surface area contributed by atoms with E-state index in [1.54, 1.807) is 6.07 Å². The molecule has 1 aliphatic heterocycles. The zero-order chi connectivity index (χ0) is 14.8. The molecule has 1 aliphatic rings. The lowest BCUT2D eigenvalue weighted by Gasteiger charge is -2.17. The fourth-order valence-corrected chi connectivity index (χ4v) is 2.33. The second-order valence-electron chi connectivity index (χ2n) is 4.95. The molecule has 2 atom stereocenters. The standard InChI is InChI=1S/C13H16ClFN2O3/c14-9-3-1-2-8(11(9)15)5-16-12(19)10-4-13(20,7-18)6-17-10/h1-3,10,17-18,20H,4-7H2,(H,16,19)/t10-,13-/m0/s1. The summed E-state index contributed by atoms with van der Waals surface area (Å²) in [5.41, 5.74) is -0.982. The van der Waals surface area contributed by atoms with Gasteiger partial charge in [0.1, 0.15) is 11.4 Å². The van der Waals surface area contributed by atoms with Gasteiger partial charge in [-0.1, -0.05) is 23.7 Å². The van der Waals surface area contributed by atoms with Crippen LogP contribution >= 0.6 is 11.6 Å². The molecule has 0 bridgehead atoms. The van der Waals surface area contributed by atoms with Crippen molar-refractivity contribution in [3.05, 3.63) is 34.6 Å². The van der Waals surface area contributed by atoms with Crippen molar-refractivity contribution in [3.63, 3.8) is 0 Å². The first-order valence-electron chi connectivity index (χ1n) is 6.22. The highest BCUT2D eigenvalue weighted by molar-refractivity contribution is 6.30. The highest BCUT2D eigenvalue weighted by Gasteiger charge is 2.39. The molecule has 110 valence electrons. The summed E-state index contributed by atoms with van der Waals surface area (Å²) in [4.78, 5) is 11.9. The largest absolute Gasteiger partial charge is 0.393 e. The van der Waals surface area contributed by atoms with E-state index in [1.165, 1.54) is 12.1 Å². The van der Waals surface area contributed by atoms with Crippen LogP contribution in [0, 0.1) is 5.82 Å². The predicted octanol–water partition coefficient (Wildman–Crippen LogP) is 0.181. The average Bonchev–Trinajstić information content (AvgIpc) is 2.84. The van der Waals surface area contributed by atoms with Gasteiger partial charge >= 0.3 is 0 Å².